The molecule has 2 N–H and O–H groups in total. The number of nitrogens with one attached hydrogen (secondary N) is 2. The monoisotopic (exact) mass is 516 g/mol. The van der Waals surface area contributed by atoms with E-state index in [9.17, 15) is 26.6 Å². The molecule has 0 bridgehead atoms. The summed E-state index contributed by atoms with van der Waals surface area (Å²) in [6.45, 7) is 2.55. The highest BCUT2D eigenvalue weighted by molar-refractivity contribution is 7.91. The van der Waals surface area contributed by atoms with E-state index in [0.717, 1.165) is 12.1 Å². The van der Waals surface area contributed by atoms with Gasteiger partial charge in [0.1, 0.15) is 5.56 Å². The zero-order valence-corrected chi connectivity index (χ0v) is 19.5. The Bertz CT molecular complexity index is 1400. The number of alkyl halides is 3. The van der Waals surface area contributed by atoms with Crippen LogP contribution in [0.5, 0.6) is 11.6 Å². The zero-order chi connectivity index (χ0) is 25.4. The highest BCUT2D eigenvalue weighted by Gasteiger charge is 2.39. The molecular formula is C21H17ClF4N4O3S. The van der Waals surface area contributed by atoms with Crippen molar-refractivity contribution in [1.82, 2.24) is 9.97 Å². The first-order valence-electron chi connectivity index (χ1n) is 9.42. The van der Waals surface area contributed by atoms with Crippen molar-refractivity contribution in [2.45, 2.75) is 24.9 Å². The number of aromatic nitrogens is 2. The lowest BCUT2D eigenvalue weighted by Crippen LogP contribution is -2.19. The largest absolute Gasteiger partial charge is 0.436 e. The van der Waals surface area contributed by atoms with E-state index in [-0.39, 0.29) is 27.6 Å². The molecule has 0 radical (unpaired) electrons. The van der Waals surface area contributed by atoms with Crippen LogP contribution in [0.3, 0.4) is 0 Å². The van der Waals surface area contributed by atoms with Gasteiger partial charge in [0.25, 0.3) is 5.91 Å². The van der Waals surface area contributed by atoms with E-state index in [1.165, 1.54) is 44.4 Å². The second-order valence-electron chi connectivity index (χ2n) is 7.22. The summed E-state index contributed by atoms with van der Waals surface area (Å²) in [6, 6.07) is 7.70. The molecule has 34 heavy (non-hydrogen) atoms. The van der Waals surface area contributed by atoms with Crippen molar-refractivity contribution in [3.05, 3.63) is 69.9 Å². The molecule has 1 aromatic carbocycles. The first-order valence-corrected chi connectivity index (χ1v) is 11.8. The van der Waals surface area contributed by atoms with Crippen LogP contribution in [-0.4, -0.2) is 26.3 Å². The minimum absolute atomic E-state index is 0.00942. The molecule has 1 atom stereocenters. The molecule has 3 rings (SSSR count). The number of ether oxygens (including phenoxy) is 1. The molecule has 0 saturated carbocycles. The summed E-state index contributed by atoms with van der Waals surface area (Å²) in [6.07, 6.45) is -3.75. The number of benzene rings is 1. The average molecular weight is 517 g/mol. The van der Waals surface area contributed by atoms with Crippen molar-refractivity contribution in [2.24, 2.45) is 0 Å². The van der Waals surface area contributed by atoms with Gasteiger partial charge in [0.2, 0.25) is 11.8 Å². The lowest BCUT2D eigenvalue weighted by Gasteiger charge is -2.18. The van der Waals surface area contributed by atoms with Crippen molar-refractivity contribution < 1.29 is 31.3 Å². The Hall–Kier alpha value is -3.25. The maximum Gasteiger partial charge on any atom is 0.434 e. The van der Waals surface area contributed by atoms with Crippen LogP contribution in [0, 0.1) is 24.6 Å². The predicted molar refractivity (Wildman–Crippen MR) is 117 cm³/mol. The fourth-order valence-corrected chi connectivity index (χ4v) is 3.86. The Kier molecular flexibility index (Phi) is 6.85. The summed E-state index contributed by atoms with van der Waals surface area (Å²) in [5.41, 5.74) is -2.00. The number of hydrogen-bond acceptors (Lipinski definition) is 6. The third-order valence-corrected chi connectivity index (χ3v) is 6.20. The van der Waals surface area contributed by atoms with Gasteiger partial charge in [-0.15, -0.1) is 0 Å². The normalized spacial score (nSPS) is 13.3. The number of nitrogens with zero attached hydrogens (tertiary/aromatic N) is 2. The number of rotatable bonds is 5. The number of halogens is 5. The molecule has 0 aliphatic carbocycles. The van der Waals surface area contributed by atoms with Crippen LogP contribution in [0.2, 0.25) is 5.02 Å². The smallest absolute Gasteiger partial charge is 0.434 e. The number of amides is 1. The van der Waals surface area contributed by atoms with Crippen molar-refractivity contribution in [3.8, 4) is 11.6 Å². The molecule has 13 heteroatoms. The quantitative estimate of drug-likeness (QED) is 0.320. The van der Waals surface area contributed by atoms with Crippen LogP contribution in [0.4, 0.5) is 23.2 Å². The van der Waals surface area contributed by atoms with Gasteiger partial charge in [-0.2, -0.15) is 17.6 Å². The van der Waals surface area contributed by atoms with Crippen molar-refractivity contribution in [3.63, 3.8) is 0 Å². The third-order valence-electron chi connectivity index (χ3n) is 4.59. The second kappa shape index (κ2) is 9.18. The van der Waals surface area contributed by atoms with Gasteiger partial charge >= 0.3 is 6.18 Å². The minimum Gasteiger partial charge on any atom is -0.436 e. The highest BCUT2D eigenvalue weighted by Crippen LogP contribution is 2.40. The topological polar surface area (TPSA) is 105 Å². The molecule has 0 aliphatic rings. The summed E-state index contributed by atoms with van der Waals surface area (Å²) in [5, 5.41) is 1.67. The standard InChI is InChI=1S/C21H17ClF4N4O3S/c1-10-16(19(31)29-12-5-4-6-13(9-12)34(3,27)32)20(30-18(17(10)22)21(24,25)26)33-14-7-8-15(23)28-11(14)2/h4-9,27H,1-3H3,(H,29,31)/t34-/m1/s1. The van der Waals surface area contributed by atoms with Gasteiger partial charge in [-0.1, -0.05) is 17.7 Å². The molecular weight excluding hydrogens is 500 g/mol. The Balaban J connectivity index is 2.13. The number of carbonyl (C=O) groups is 1. The minimum atomic E-state index is -4.95. The van der Waals surface area contributed by atoms with Crippen LogP contribution in [-0.2, 0) is 15.9 Å². The van der Waals surface area contributed by atoms with Crippen LogP contribution in [0.25, 0.3) is 0 Å². The van der Waals surface area contributed by atoms with Crippen molar-refractivity contribution >= 4 is 32.9 Å². The predicted octanol–water partition coefficient (Wildman–Crippen LogP) is 5.98. The van der Waals surface area contributed by atoms with Crippen LogP contribution >= 0.6 is 11.6 Å². The van der Waals surface area contributed by atoms with E-state index in [1.807, 2.05) is 0 Å². The number of pyridine rings is 2. The van der Waals surface area contributed by atoms with E-state index in [0.29, 0.717) is 0 Å². The summed E-state index contributed by atoms with van der Waals surface area (Å²) < 4.78 is 79.0. The van der Waals surface area contributed by atoms with Gasteiger partial charge in [0.05, 0.1) is 20.4 Å². The fourth-order valence-electron chi connectivity index (χ4n) is 2.92. The number of anilines is 1. The summed E-state index contributed by atoms with van der Waals surface area (Å²) in [5.74, 6) is -2.60. The SMILES string of the molecule is Cc1nc(F)ccc1Oc1nc(C(F)(F)F)c(Cl)c(C)c1C(=O)Nc1cccc([S@](C)(=N)=O)c1. The Morgan fingerprint density at radius 3 is 2.44 bits per heavy atom. The summed E-state index contributed by atoms with van der Waals surface area (Å²) >= 11 is 5.90. The van der Waals surface area contributed by atoms with Crippen LogP contribution < -0.4 is 10.1 Å². The van der Waals surface area contributed by atoms with Gasteiger partial charge in [0, 0.05) is 16.8 Å². The van der Waals surface area contributed by atoms with Crippen molar-refractivity contribution in [1.29, 1.82) is 4.78 Å². The Morgan fingerprint density at radius 1 is 1.18 bits per heavy atom. The van der Waals surface area contributed by atoms with E-state index >= 15 is 0 Å². The molecule has 3 aromatic rings. The van der Waals surface area contributed by atoms with Gasteiger partial charge in [0.15, 0.2) is 11.4 Å². The van der Waals surface area contributed by atoms with Gasteiger partial charge in [-0.3, -0.25) is 4.79 Å². The number of carbonyl (C=O) groups excluding carboxylic acids is 1. The molecule has 2 heterocycles. The Morgan fingerprint density at radius 2 is 1.85 bits per heavy atom. The van der Waals surface area contributed by atoms with E-state index in [4.69, 9.17) is 21.1 Å². The summed E-state index contributed by atoms with van der Waals surface area (Å²) in [7, 11) is -3.09. The highest BCUT2D eigenvalue weighted by atomic mass is 35.5. The molecule has 0 spiro atoms. The fraction of sp³-hybridized carbons (Fsp3) is 0.190. The molecule has 0 unspecified atom stereocenters. The Labute approximate surface area is 197 Å². The van der Waals surface area contributed by atoms with Crippen LogP contribution in [0.1, 0.15) is 27.3 Å². The second-order valence-corrected chi connectivity index (χ2v) is 9.76. The number of aryl methyl sites for hydroxylation is 1. The van der Waals surface area contributed by atoms with Gasteiger partial charge in [-0.05, 0) is 49.7 Å². The van der Waals surface area contributed by atoms with Gasteiger partial charge < -0.3 is 10.1 Å². The molecule has 7 nitrogen and oxygen atoms in total. The molecule has 1 amide bonds. The average Bonchev–Trinajstić information content (AvgIpc) is 2.71. The van der Waals surface area contributed by atoms with E-state index < -0.39 is 49.9 Å². The third kappa shape index (κ3) is 5.45. The van der Waals surface area contributed by atoms with E-state index in [1.54, 1.807) is 0 Å². The molecule has 0 aliphatic heterocycles. The molecule has 180 valence electrons. The summed E-state index contributed by atoms with van der Waals surface area (Å²) in [4.78, 5) is 20.2. The molecule has 0 fully saturated rings. The first kappa shape index (κ1) is 25.4. The van der Waals surface area contributed by atoms with Crippen molar-refractivity contribution in [2.75, 3.05) is 11.6 Å². The zero-order valence-electron chi connectivity index (χ0n) is 17.9. The molecule has 2 aromatic heterocycles. The van der Waals surface area contributed by atoms with Gasteiger partial charge in [-0.25, -0.2) is 19.0 Å². The lowest BCUT2D eigenvalue weighted by molar-refractivity contribution is -0.141. The molecule has 0 saturated heterocycles. The maximum absolute atomic E-state index is 13.5. The van der Waals surface area contributed by atoms with E-state index in [2.05, 4.69) is 15.3 Å². The number of hydrogen-bond donors (Lipinski definition) is 2. The maximum atomic E-state index is 13.5. The first-order chi connectivity index (χ1) is 15.7. The van der Waals surface area contributed by atoms with Crippen LogP contribution in [0.15, 0.2) is 41.3 Å². The lowest BCUT2D eigenvalue weighted by atomic mass is 10.1.